The number of morpholine rings is 1. The molecule has 0 spiro atoms. The first kappa shape index (κ1) is 23.2. The molecule has 2 saturated heterocycles. The van der Waals surface area contributed by atoms with Gasteiger partial charge in [0.1, 0.15) is 5.75 Å². The molecule has 0 unspecified atom stereocenters. The molecule has 33 heavy (non-hydrogen) atoms. The molecule has 2 aromatic carbocycles. The summed E-state index contributed by atoms with van der Waals surface area (Å²) in [5.41, 5.74) is 1.08. The van der Waals surface area contributed by atoms with Gasteiger partial charge in [0, 0.05) is 37.3 Å². The number of ether oxygens (including phenoxy) is 2. The molecule has 1 atom stereocenters. The van der Waals surface area contributed by atoms with Crippen molar-refractivity contribution >= 4 is 27.5 Å². The highest BCUT2D eigenvalue weighted by molar-refractivity contribution is 7.89. The quantitative estimate of drug-likeness (QED) is 0.656. The standard InChI is InChI=1S/C23H27N3O6S/c1-2-32-20-7-5-19(6-8-20)26-16-18(15-22(26)27)24-23(28)17-3-9-21(10-4-17)33(29,30)25-11-13-31-14-12-25/h3-10,18H,2,11-16H2,1H3,(H,24,28)/t18-/m0/s1. The zero-order valence-corrected chi connectivity index (χ0v) is 19.2. The number of benzene rings is 2. The summed E-state index contributed by atoms with van der Waals surface area (Å²) in [6.07, 6.45) is 0.197. The number of nitrogens with one attached hydrogen (secondary N) is 1. The minimum Gasteiger partial charge on any atom is -0.494 e. The molecule has 2 fully saturated rings. The van der Waals surface area contributed by atoms with Gasteiger partial charge in [-0.1, -0.05) is 0 Å². The number of nitrogens with zero attached hydrogens (tertiary/aromatic N) is 2. The highest BCUT2D eigenvalue weighted by atomic mass is 32.2. The Balaban J connectivity index is 1.37. The summed E-state index contributed by atoms with van der Waals surface area (Å²) >= 11 is 0. The summed E-state index contributed by atoms with van der Waals surface area (Å²) in [5, 5.41) is 2.88. The van der Waals surface area contributed by atoms with Crippen molar-refractivity contribution < 1.29 is 27.5 Å². The van der Waals surface area contributed by atoms with Crippen LogP contribution in [-0.2, 0) is 19.6 Å². The average Bonchev–Trinajstić information content (AvgIpc) is 3.20. The Bertz CT molecular complexity index is 1100. The van der Waals surface area contributed by atoms with Gasteiger partial charge in [-0.05, 0) is 55.5 Å². The first-order chi connectivity index (χ1) is 15.9. The van der Waals surface area contributed by atoms with Gasteiger partial charge in [0.25, 0.3) is 5.91 Å². The number of sulfonamides is 1. The first-order valence-electron chi connectivity index (χ1n) is 10.9. The summed E-state index contributed by atoms with van der Waals surface area (Å²) in [4.78, 5) is 27.0. The predicted octanol–water partition coefficient (Wildman–Crippen LogP) is 1.64. The highest BCUT2D eigenvalue weighted by Gasteiger charge is 2.32. The summed E-state index contributed by atoms with van der Waals surface area (Å²) in [6, 6.07) is 12.8. The number of hydrogen-bond acceptors (Lipinski definition) is 6. The molecule has 2 aliphatic rings. The van der Waals surface area contributed by atoms with Crippen molar-refractivity contribution in [1.82, 2.24) is 9.62 Å². The van der Waals surface area contributed by atoms with Gasteiger partial charge >= 0.3 is 0 Å². The van der Waals surface area contributed by atoms with Crippen LogP contribution in [-0.4, -0.2) is 70.0 Å². The van der Waals surface area contributed by atoms with E-state index in [2.05, 4.69) is 5.32 Å². The third-order valence-electron chi connectivity index (χ3n) is 5.64. The van der Waals surface area contributed by atoms with Crippen LogP contribution in [0.1, 0.15) is 23.7 Å². The molecular formula is C23H27N3O6S. The van der Waals surface area contributed by atoms with Crippen molar-refractivity contribution in [2.75, 3.05) is 44.4 Å². The van der Waals surface area contributed by atoms with Crippen molar-refractivity contribution in [3.63, 3.8) is 0 Å². The fraction of sp³-hybridized carbons (Fsp3) is 0.391. The van der Waals surface area contributed by atoms with Gasteiger partial charge in [-0.3, -0.25) is 9.59 Å². The van der Waals surface area contributed by atoms with Crippen LogP contribution in [0.15, 0.2) is 53.4 Å². The lowest BCUT2D eigenvalue weighted by atomic mass is 10.2. The Morgan fingerprint density at radius 3 is 2.39 bits per heavy atom. The number of rotatable bonds is 7. The molecule has 9 nitrogen and oxygen atoms in total. The van der Waals surface area contributed by atoms with Crippen LogP contribution < -0.4 is 15.0 Å². The van der Waals surface area contributed by atoms with Crippen molar-refractivity contribution in [1.29, 1.82) is 0 Å². The smallest absolute Gasteiger partial charge is 0.251 e. The summed E-state index contributed by atoms with van der Waals surface area (Å²) in [6.45, 7) is 4.19. The lowest BCUT2D eigenvalue weighted by Gasteiger charge is -2.26. The van der Waals surface area contributed by atoms with E-state index in [-0.39, 0.29) is 29.2 Å². The van der Waals surface area contributed by atoms with Gasteiger partial charge in [0.05, 0.1) is 30.8 Å². The number of anilines is 1. The summed E-state index contributed by atoms with van der Waals surface area (Å²) in [5.74, 6) is 0.310. The molecule has 2 heterocycles. The normalized spacial score (nSPS) is 19.5. The van der Waals surface area contributed by atoms with Gasteiger partial charge in [-0.25, -0.2) is 8.42 Å². The zero-order chi connectivity index (χ0) is 23.4. The van der Waals surface area contributed by atoms with E-state index in [9.17, 15) is 18.0 Å². The van der Waals surface area contributed by atoms with Crippen LogP contribution in [0.25, 0.3) is 0 Å². The van der Waals surface area contributed by atoms with Crippen molar-refractivity contribution in [2.45, 2.75) is 24.3 Å². The maximum atomic E-state index is 12.7. The number of carbonyl (C=O) groups is 2. The topological polar surface area (TPSA) is 105 Å². The Morgan fingerprint density at radius 1 is 1.09 bits per heavy atom. The van der Waals surface area contributed by atoms with E-state index in [1.807, 2.05) is 31.2 Å². The summed E-state index contributed by atoms with van der Waals surface area (Å²) < 4.78 is 37.5. The molecule has 176 valence electrons. The number of amides is 2. The van der Waals surface area contributed by atoms with Crippen LogP contribution in [0.2, 0.25) is 0 Å². The number of carbonyl (C=O) groups excluding carboxylic acids is 2. The monoisotopic (exact) mass is 473 g/mol. The van der Waals surface area contributed by atoms with E-state index >= 15 is 0 Å². The second-order valence-electron chi connectivity index (χ2n) is 7.85. The average molecular weight is 474 g/mol. The van der Waals surface area contributed by atoms with Crippen molar-refractivity contribution in [3.05, 3.63) is 54.1 Å². The largest absolute Gasteiger partial charge is 0.494 e. The van der Waals surface area contributed by atoms with Gasteiger partial charge in [-0.2, -0.15) is 4.31 Å². The lowest BCUT2D eigenvalue weighted by molar-refractivity contribution is -0.117. The Labute approximate surface area is 193 Å². The molecule has 0 bridgehead atoms. The van der Waals surface area contributed by atoms with Crippen LogP contribution >= 0.6 is 0 Å². The third-order valence-corrected chi connectivity index (χ3v) is 7.56. The van der Waals surface area contributed by atoms with E-state index in [1.54, 1.807) is 4.90 Å². The van der Waals surface area contributed by atoms with Crippen LogP contribution in [0.3, 0.4) is 0 Å². The Morgan fingerprint density at radius 2 is 1.76 bits per heavy atom. The first-order valence-corrected chi connectivity index (χ1v) is 12.3. The van der Waals surface area contributed by atoms with Crippen molar-refractivity contribution in [2.24, 2.45) is 0 Å². The molecule has 0 radical (unpaired) electrons. The maximum absolute atomic E-state index is 12.7. The van der Waals surface area contributed by atoms with Gasteiger partial charge in [-0.15, -0.1) is 0 Å². The van der Waals surface area contributed by atoms with Crippen LogP contribution in [0.5, 0.6) is 5.75 Å². The molecule has 10 heteroatoms. The highest BCUT2D eigenvalue weighted by Crippen LogP contribution is 2.25. The van der Waals surface area contributed by atoms with E-state index in [0.717, 1.165) is 11.4 Å². The van der Waals surface area contributed by atoms with Gasteiger partial charge in [0.2, 0.25) is 15.9 Å². The van der Waals surface area contributed by atoms with E-state index in [0.29, 0.717) is 45.0 Å². The van der Waals surface area contributed by atoms with E-state index < -0.39 is 10.0 Å². The fourth-order valence-corrected chi connectivity index (χ4v) is 5.33. The zero-order valence-electron chi connectivity index (χ0n) is 18.4. The SMILES string of the molecule is CCOc1ccc(N2C[C@@H](NC(=O)c3ccc(S(=O)(=O)N4CCOCC4)cc3)CC2=O)cc1. The molecule has 2 aromatic rings. The minimum absolute atomic E-state index is 0.0728. The van der Waals surface area contributed by atoms with E-state index in [4.69, 9.17) is 9.47 Å². The van der Waals surface area contributed by atoms with Crippen molar-refractivity contribution in [3.8, 4) is 5.75 Å². The predicted molar refractivity (Wildman–Crippen MR) is 122 cm³/mol. The molecule has 0 aliphatic carbocycles. The van der Waals surface area contributed by atoms with Gasteiger partial charge < -0.3 is 19.7 Å². The maximum Gasteiger partial charge on any atom is 0.251 e. The molecule has 2 aliphatic heterocycles. The lowest BCUT2D eigenvalue weighted by Crippen LogP contribution is -2.40. The molecule has 0 aromatic heterocycles. The Kier molecular flexibility index (Phi) is 6.96. The van der Waals surface area contributed by atoms with E-state index in [1.165, 1.54) is 28.6 Å². The Hall–Kier alpha value is -2.95. The second kappa shape index (κ2) is 9.90. The third kappa shape index (κ3) is 5.18. The molecule has 4 rings (SSSR count). The molecule has 2 amide bonds. The van der Waals surface area contributed by atoms with Crippen LogP contribution in [0.4, 0.5) is 5.69 Å². The van der Waals surface area contributed by atoms with Gasteiger partial charge in [0.15, 0.2) is 0 Å². The summed E-state index contributed by atoms with van der Waals surface area (Å²) in [7, 11) is -3.62. The molecule has 0 saturated carbocycles. The number of hydrogen-bond donors (Lipinski definition) is 1. The second-order valence-corrected chi connectivity index (χ2v) is 9.78. The molecular weight excluding hydrogens is 446 g/mol. The van der Waals surface area contributed by atoms with Crippen LogP contribution in [0, 0.1) is 0 Å². The minimum atomic E-state index is -3.62. The fourth-order valence-electron chi connectivity index (χ4n) is 3.93. The molecule has 1 N–H and O–H groups in total.